The smallest absolute Gasteiger partial charge is 0.266 e. The van der Waals surface area contributed by atoms with Gasteiger partial charge >= 0.3 is 6.18 Å². The highest BCUT2D eigenvalue weighted by Crippen LogP contribution is 2.29. The first kappa shape index (κ1) is 19.4. The topological polar surface area (TPSA) is 94.8 Å². The van der Waals surface area contributed by atoms with E-state index >= 15 is 0 Å². The van der Waals surface area contributed by atoms with Crippen LogP contribution in [0.2, 0.25) is 0 Å². The summed E-state index contributed by atoms with van der Waals surface area (Å²) in [5, 5.41) is 0. The molecule has 0 fully saturated rings. The van der Waals surface area contributed by atoms with E-state index in [9.17, 15) is 26.4 Å². The highest BCUT2D eigenvalue weighted by molar-refractivity contribution is 9.10. The number of hydrogen-bond acceptors (Lipinski definition) is 6. The van der Waals surface area contributed by atoms with Crippen LogP contribution in [-0.2, 0) is 16.0 Å². The standard InChI is InChI=1S/C15H10BrF3N4O3S/c1-2-27(25,26)11-4-9(16)6-21-13(11)23-7-22-10-3-8(15(17,18)19)5-20-12(10)14(23)24/h3-7H,2H2,1H3. The van der Waals surface area contributed by atoms with Crippen molar-refractivity contribution in [3.8, 4) is 5.82 Å². The van der Waals surface area contributed by atoms with Crippen LogP contribution in [0, 0.1) is 0 Å². The van der Waals surface area contributed by atoms with Crippen LogP contribution in [0.4, 0.5) is 13.2 Å². The van der Waals surface area contributed by atoms with Crippen LogP contribution in [-0.4, -0.2) is 33.7 Å². The average Bonchev–Trinajstić information content (AvgIpc) is 2.61. The van der Waals surface area contributed by atoms with Gasteiger partial charge in [-0.25, -0.2) is 27.9 Å². The van der Waals surface area contributed by atoms with E-state index in [1.54, 1.807) is 0 Å². The van der Waals surface area contributed by atoms with Gasteiger partial charge in [0, 0.05) is 16.9 Å². The molecule has 0 atom stereocenters. The van der Waals surface area contributed by atoms with E-state index in [1.807, 2.05) is 0 Å². The maximum Gasteiger partial charge on any atom is 0.417 e. The van der Waals surface area contributed by atoms with Crippen molar-refractivity contribution in [2.45, 2.75) is 18.0 Å². The quantitative estimate of drug-likeness (QED) is 0.593. The minimum atomic E-state index is -4.63. The molecular weight excluding hydrogens is 453 g/mol. The summed E-state index contributed by atoms with van der Waals surface area (Å²) in [6.45, 7) is 1.43. The Labute approximate surface area is 159 Å². The van der Waals surface area contributed by atoms with Crippen LogP contribution in [0.25, 0.3) is 16.9 Å². The van der Waals surface area contributed by atoms with E-state index in [1.165, 1.54) is 19.2 Å². The van der Waals surface area contributed by atoms with Crippen molar-refractivity contribution in [1.82, 2.24) is 19.5 Å². The number of sulfone groups is 1. The van der Waals surface area contributed by atoms with E-state index < -0.39 is 27.1 Å². The minimum absolute atomic E-state index is 0.207. The summed E-state index contributed by atoms with van der Waals surface area (Å²) in [4.78, 5) is 23.8. The molecule has 0 aromatic carbocycles. The van der Waals surface area contributed by atoms with Crippen LogP contribution in [0.15, 0.2) is 45.0 Å². The number of aromatic nitrogens is 4. The van der Waals surface area contributed by atoms with Crippen LogP contribution < -0.4 is 5.56 Å². The molecule has 27 heavy (non-hydrogen) atoms. The van der Waals surface area contributed by atoms with Crippen molar-refractivity contribution in [1.29, 1.82) is 0 Å². The molecule has 3 heterocycles. The van der Waals surface area contributed by atoms with E-state index in [0.717, 1.165) is 10.9 Å². The van der Waals surface area contributed by atoms with Gasteiger partial charge in [0.1, 0.15) is 11.2 Å². The fraction of sp³-hybridized carbons (Fsp3) is 0.200. The minimum Gasteiger partial charge on any atom is -0.266 e. The molecule has 0 spiro atoms. The van der Waals surface area contributed by atoms with Crippen LogP contribution >= 0.6 is 15.9 Å². The molecule has 3 rings (SSSR count). The maximum atomic E-state index is 12.8. The molecule has 3 aromatic heterocycles. The van der Waals surface area contributed by atoms with Gasteiger partial charge in [-0.2, -0.15) is 13.2 Å². The first-order valence-corrected chi connectivity index (χ1v) is 9.82. The highest BCUT2D eigenvalue weighted by Gasteiger charge is 2.31. The number of pyridine rings is 2. The van der Waals surface area contributed by atoms with Crippen LogP contribution in [0.5, 0.6) is 0 Å². The van der Waals surface area contributed by atoms with E-state index in [2.05, 4.69) is 30.9 Å². The zero-order valence-corrected chi connectivity index (χ0v) is 15.9. The summed E-state index contributed by atoms with van der Waals surface area (Å²) in [5.41, 5.74) is -2.48. The molecule has 142 valence electrons. The zero-order chi connectivity index (χ0) is 20.0. The lowest BCUT2D eigenvalue weighted by molar-refractivity contribution is -0.137. The number of halogens is 4. The number of hydrogen-bond donors (Lipinski definition) is 0. The fourth-order valence-electron chi connectivity index (χ4n) is 2.29. The van der Waals surface area contributed by atoms with Crippen molar-refractivity contribution in [3.05, 3.63) is 51.2 Å². The van der Waals surface area contributed by atoms with Crippen LogP contribution in [0.1, 0.15) is 12.5 Å². The second kappa shape index (κ2) is 6.68. The van der Waals surface area contributed by atoms with Crippen molar-refractivity contribution in [3.63, 3.8) is 0 Å². The molecule has 7 nitrogen and oxygen atoms in total. The van der Waals surface area contributed by atoms with Gasteiger partial charge in [0.2, 0.25) is 0 Å². The lowest BCUT2D eigenvalue weighted by atomic mass is 10.2. The molecule has 3 aromatic rings. The molecule has 0 N–H and O–H groups in total. The lowest BCUT2D eigenvalue weighted by Gasteiger charge is -2.12. The van der Waals surface area contributed by atoms with Crippen molar-refractivity contribution in [2.24, 2.45) is 0 Å². The van der Waals surface area contributed by atoms with Gasteiger partial charge in [0.25, 0.3) is 5.56 Å². The summed E-state index contributed by atoms with van der Waals surface area (Å²) in [6, 6.07) is 1.99. The van der Waals surface area contributed by atoms with Crippen LogP contribution in [0.3, 0.4) is 0 Å². The Morgan fingerprint density at radius 2 is 1.85 bits per heavy atom. The van der Waals surface area contributed by atoms with E-state index in [4.69, 9.17) is 0 Å². The van der Waals surface area contributed by atoms with Gasteiger partial charge < -0.3 is 0 Å². The van der Waals surface area contributed by atoms with Crippen molar-refractivity contribution >= 4 is 36.8 Å². The molecule has 0 aliphatic heterocycles. The second-order valence-corrected chi connectivity index (χ2v) is 8.55. The normalized spacial score (nSPS) is 12.5. The van der Waals surface area contributed by atoms with E-state index in [0.29, 0.717) is 16.7 Å². The van der Waals surface area contributed by atoms with Crippen molar-refractivity contribution in [2.75, 3.05) is 5.75 Å². The Morgan fingerprint density at radius 3 is 2.48 bits per heavy atom. The Balaban J connectivity index is 2.29. The number of nitrogens with zero attached hydrogens (tertiary/aromatic N) is 4. The van der Waals surface area contributed by atoms with Crippen molar-refractivity contribution < 1.29 is 21.6 Å². The maximum absolute atomic E-state index is 12.8. The predicted molar refractivity (Wildman–Crippen MR) is 93.4 cm³/mol. The molecule has 0 unspecified atom stereocenters. The number of alkyl halides is 3. The monoisotopic (exact) mass is 462 g/mol. The Morgan fingerprint density at radius 1 is 1.15 bits per heavy atom. The Hall–Kier alpha value is -2.34. The number of fused-ring (bicyclic) bond motifs is 1. The fourth-order valence-corrected chi connectivity index (χ4v) is 3.82. The first-order chi connectivity index (χ1) is 12.5. The SMILES string of the molecule is CCS(=O)(=O)c1cc(Br)cnc1-n1cnc2cc(C(F)(F)F)cnc2c1=O. The summed E-state index contributed by atoms with van der Waals surface area (Å²) < 4.78 is 64.3. The molecular formula is C15H10BrF3N4O3S. The largest absolute Gasteiger partial charge is 0.417 e. The summed E-state index contributed by atoms with van der Waals surface area (Å²) in [7, 11) is -3.74. The third-order valence-electron chi connectivity index (χ3n) is 3.67. The van der Waals surface area contributed by atoms with Gasteiger partial charge in [-0.15, -0.1) is 0 Å². The summed E-state index contributed by atoms with van der Waals surface area (Å²) in [6.07, 6.45) is -1.89. The van der Waals surface area contributed by atoms with Gasteiger partial charge in [-0.3, -0.25) is 4.79 Å². The first-order valence-electron chi connectivity index (χ1n) is 7.38. The third-order valence-corrected chi connectivity index (χ3v) is 5.84. The summed E-state index contributed by atoms with van der Waals surface area (Å²) in [5.74, 6) is -0.442. The van der Waals surface area contributed by atoms with Gasteiger partial charge in [-0.05, 0) is 28.1 Å². The Bertz CT molecular complexity index is 1210. The molecule has 0 saturated heterocycles. The van der Waals surface area contributed by atoms with Gasteiger partial charge in [-0.1, -0.05) is 6.92 Å². The second-order valence-electron chi connectivity index (χ2n) is 5.39. The van der Waals surface area contributed by atoms with Gasteiger partial charge in [0.15, 0.2) is 21.2 Å². The number of rotatable bonds is 3. The summed E-state index contributed by atoms with van der Waals surface area (Å²) >= 11 is 3.13. The third kappa shape index (κ3) is 3.58. The molecule has 12 heteroatoms. The molecule has 0 aliphatic carbocycles. The Kier molecular flexibility index (Phi) is 4.80. The molecule has 0 saturated carbocycles. The predicted octanol–water partition coefficient (Wildman–Crippen LogP) is 2.75. The molecule has 0 bridgehead atoms. The molecule has 0 radical (unpaired) electrons. The lowest BCUT2D eigenvalue weighted by Crippen LogP contribution is -2.23. The van der Waals surface area contributed by atoms with E-state index in [-0.39, 0.29) is 27.5 Å². The average molecular weight is 463 g/mol. The molecule has 0 aliphatic rings. The highest BCUT2D eigenvalue weighted by atomic mass is 79.9. The zero-order valence-electron chi connectivity index (χ0n) is 13.5. The molecule has 0 amide bonds. The van der Waals surface area contributed by atoms with Gasteiger partial charge in [0.05, 0.1) is 16.8 Å².